The molecule has 1 fully saturated rings. The summed E-state index contributed by atoms with van der Waals surface area (Å²) in [5.41, 5.74) is 28.4. The summed E-state index contributed by atoms with van der Waals surface area (Å²) in [6.45, 7) is 16.1. The number of carbonyl (C=O) groups excluding carboxylic acids is 14. The summed E-state index contributed by atoms with van der Waals surface area (Å²) in [6.07, 6.45) is 0.270. The van der Waals surface area contributed by atoms with Crippen LogP contribution < -0.4 is 97.8 Å². The Bertz CT molecular complexity index is 3430. The third-order valence-electron chi connectivity index (χ3n) is 18.1. The smallest absolute Gasteiger partial charge is 0.325 e. The number of carboxylic acid groups (broad SMARTS) is 1. The molecule has 0 spiro atoms. The van der Waals surface area contributed by atoms with Crippen LogP contribution in [0.25, 0.3) is 0 Å². The minimum absolute atomic E-state index is 0.0169. The van der Waals surface area contributed by atoms with E-state index in [9.17, 15) is 92.3 Å². The molecule has 0 radical (unpaired) electrons. The Morgan fingerprint density at radius 2 is 0.885 bits per heavy atom. The molecule has 1 heterocycles. The Hall–Kier alpha value is -10.5. The topological polar surface area (TPSA) is 672 Å². The number of carboxylic acids is 1. The largest absolute Gasteiger partial charge is 0.508 e. The number of aliphatic hydroxyl groups is 3. The van der Waals surface area contributed by atoms with E-state index in [1.165, 1.54) is 36.1 Å². The fraction of sp³-hybridized carbons (Fsp3) is 0.681. The summed E-state index contributed by atoms with van der Waals surface area (Å²) in [5, 5.41) is 81.9. The van der Waals surface area contributed by atoms with Crippen molar-refractivity contribution in [2.45, 2.75) is 238 Å². The normalized spacial score (nSPS) is 16.3. The van der Waals surface area contributed by atoms with Crippen molar-refractivity contribution in [2.75, 3.05) is 46.0 Å². The molecule has 15 atom stereocenters. The number of phenolic OH excluding ortho intramolecular Hbond substituents is 1. The summed E-state index contributed by atoms with van der Waals surface area (Å²) in [5.74, 6) is -16.7. The minimum Gasteiger partial charge on any atom is -0.508 e. The Morgan fingerprint density at radius 1 is 0.478 bits per heavy atom. The van der Waals surface area contributed by atoms with E-state index in [0.29, 0.717) is 12.0 Å². The molecule has 1 saturated heterocycles. The van der Waals surface area contributed by atoms with Gasteiger partial charge in [0, 0.05) is 26.1 Å². The van der Waals surface area contributed by atoms with E-state index in [1.807, 2.05) is 0 Å². The molecule has 1 aliphatic heterocycles. The summed E-state index contributed by atoms with van der Waals surface area (Å²) >= 11 is 0. The zero-order valence-corrected chi connectivity index (χ0v) is 66.6. The van der Waals surface area contributed by atoms with Crippen molar-refractivity contribution < 1.29 is 97.5 Å². The van der Waals surface area contributed by atoms with Gasteiger partial charge >= 0.3 is 5.97 Å². The fourth-order valence-corrected chi connectivity index (χ4v) is 11.7. The first-order chi connectivity index (χ1) is 53.0. The Labute approximate surface area is 657 Å². The van der Waals surface area contributed by atoms with Crippen LogP contribution in [0.4, 0.5) is 0 Å². The third-order valence-corrected chi connectivity index (χ3v) is 18.1. The Kier molecular flexibility index (Phi) is 43.4. The number of nitrogens with zero attached hydrogens (tertiary/aromatic N) is 3. The molecule has 113 heavy (non-hydrogen) atoms. The van der Waals surface area contributed by atoms with Crippen molar-refractivity contribution in [3.63, 3.8) is 0 Å². The van der Waals surface area contributed by atoms with Crippen molar-refractivity contribution in [1.29, 1.82) is 0 Å². The maximum atomic E-state index is 14.8. The third kappa shape index (κ3) is 35.4. The second kappa shape index (κ2) is 49.7. The van der Waals surface area contributed by atoms with E-state index < -0.39 is 211 Å². The van der Waals surface area contributed by atoms with Crippen LogP contribution in [0.15, 0.2) is 34.3 Å². The lowest BCUT2D eigenvalue weighted by Gasteiger charge is -2.30. The number of nitrogens with one attached hydrogen (secondary N) is 13. The number of carbonyl (C=O) groups is 15. The minimum atomic E-state index is -1.81. The first-order valence-electron chi connectivity index (χ1n) is 37.9. The Balaban J connectivity index is 2.50. The number of aromatic hydroxyl groups is 1. The number of aliphatic carboxylic acids is 1. The van der Waals surface area contributed by atoms with E-state index in [2.05, 4.69) is 79.1 Å². The van der Waals surface area contributed by atoms with Gasteiger partial charge in [-0.15, -0.1) is 0 Å². The quantitative estimate of drug-likeness (QED) is 0.0164. The zero-order valence-electron chi connectivity index (χ0n) is 66.6. The highest BCUT2D eigenvalue weighted by molar-refractivity contribution is 6.00. The van der Waals surface area contributed by atoms with E-state index >= 15 is 0 Å². The van der Waals surface area contributed by atoms with Gasteiger partial charge in [0.05, 0.1) is 26.4 Å². The number of likely N-dealkylation sites (tertiary alicyclic amines) is 1. The molecule has 0 aliphatic carbocycles. The van der Waals surface area contributed by atoms with Crippen molar-refractivity contribution in [3.8, 4) is 5.75 Å². The number of nitrogens with two attached hydrogens (primary N) is 5. The van der Waals surface area contributed by atoms with Gasteiger partial charge in [-0.1, -0.05) is 87.8 Å². The maximum Gasteiger partial charge on any atom is 0.325 e. The second-order valence-electron chi connectivity index (χ2n) is 29.7. The molecule has 1 aromatic carbocycles. The number of aliphatic hydroxyl groups excluding tert-OH is 3. The number of amides is 14. The van der Waals surface area contributed by atoms with Crippen LogP contribution in [0, 0.1) is 29.6 Å². The molecule has 1 aromatic rings. The number of rotatable bonds is 50. The van der Waals surface area contributed by atoms with Gasteiger partial charge in [-0.05, 0) is 119 Å². The van der Waals surface area contributed by atoms with E-state index in [-0.39, 0.29) is 119 Å². The SMILES string of the molecule is CC[C@H](C)[C@H](NC(=O)[C@H](CCCN=C(N)N)NC(=O)[C@H](CC(C)C)NC(=O)[C@H](CO)NC(=O)[C@H](Cc1ccc(O)cc1)NC(=O)[C@@H]1CCCN1C(=O)[C@H](C)NC(=O)[C@H](CC(C)C)NC(=O)[C@@H](N)CO)C(=O)N[C@@H](CC(C)C)C(=O)N[C@@H](CCCN=C(N)N)C(=O)N[C@H](C(=O)NCC(=O)N[C@@H](CO)C(=O)N[C@@H](C)C(=O)O)C(C)C. The van der Waals surface area contributed by atoms with Gasteiger partial charge in [0.1, 0.15) is 90.3 Å². The molecular weight excluding hydrogens is 1480 g/mol. The van der Waals surface area contributed by atoms with Gasteiger partial charge in [-0.25, -0.2) is 0 Å². The van der Waals surface area contributed by atoms with Crippen molar-refractivity contribution in [2.24, 2.45) is 68.2 Å². The van der Waals surface area contributed by atoms with Crippen LogP contribution in [0.5, 0.6) is 5.75 Å². The molecule has 28 N–H and O–H groups in total. The van der Waals surface area contributed by atoms with Crippen LogP contribution in [0.2, 0.25) is 0 Å². The van der Waals surface area contributed by atoms with Crippen molar-refractivity contribution >= 4 is 101 Å². The molecule has 0 saturated carbocycles. The zero-order chi connectivity index (χ0) is 85.7. The van der Waals surface area contributed by atoms with Gasteiger partial charge in [-0.2, -0.15) is 0 Å². The molecule has 41 heteroatoms. The molecule has 0 aromatic heterocycles. The van der Waals surface area contributed by atoms with Crippen LogP contribution in [0.1, 0.15) is 153 Å². The highest BCUT2D eigenvalue weighted by Crippen LogP contribution is 2.21. The number of guanidine groups is 2. The van der Waals surface area contributed by atoms with Gasteiger partial charge < -0.3 is 128 Å². The van der Waals surface area contributed by atoms with E-state index in [0.717, 1.165) is 6.92 Å². The average molecular weight is 1600 g/mol. The summed E-state index contributed by atoms with van der Waals surface area (Å²) in [6, 6.07) is -14.2. The van der Waals surface area contributed by atoms with Crippen LogP contribution >= 0.6 is 0 Å². The lowest BCUT2D eigenvalue weighted by Crippen LogP contribution is -2.62. The fourth-order valence-electron chi connectivity index (χ4n) is 11.7. The molecule has 1 aliphatic rings. The lowest BCUT2D eigenvalue weighted by atomic mass is 9.95. The van der Waals surface area contributed by atoms with Crippen molar-refractivity contribution in [3.05, 3.63) is 29.8 Å². The van der Waals surface area contributed by atoms with Crippen LogP contribution in [0.3, 0.4) is 0 Å². The summed E-state index contributed by atoms with van der Waals surface area (Å²) < 4.78 is 0. The van der Waals surface area contributed by atoms with Gasteiger partial charge in [0.15, 0.2) is 11.9 Å². The number of aliphatic imine (C=N–C) groups is 2. The first-order valence-corrected chi connectivity index (χ1v) is 37.9. The van der Waals surface area contributed by atoms with Gasteiger partial charge in [0.25, 0.3) is 0 Å². The summed E-state index contributed by atoms with van der Waals surface area (Å²) in [7, 11) is 0. The molecular formula is C72H123N21O20. The number of benzene rings is 1. The number of hydrogen-bond acceptors (Lipinski definition) is 22. The Morgan fingerprint density at radius 3 is 1.34 bits per heavy atom. The molecule has 0 unspecified atom stereocenters. The standard InChI is InChI=1S/C72H123N21O20/c1-13-39(10)56(68(110)89-49(29-37(6)7)62(104)84-45(17-14-24-78-71(74)75)58(100)91-55(38(8)9)67(109)80-31-54(98)83-51(33-95)64(106)82-41(12)70(112)113)92-59(101)46(18-15-25-79-72(76)77)85-61(103)48(28-36(4)5)87-65(107)52(34-96)90-63(105)50(30-42-20-22-43(97)23-21-42)88-66(108)53-19-16-26-93(53)69(111)40(11)81-60(102)47(27-35(2)3)86-57(99)44(73)32-94/h20-23,35-41,44-53,55-56,94-97H,13-19,24-34,73H2,1-12H3,(H,80,109)(H,81,102)(H,82,106)(H,83,98)(H,84,104)(H,85,103)(H,86,99)(H,87,107)(H,88,108)(H,89,110)(H,90,105)(H,91,100)(H,92,101)(H,112,113)(H4,74,75,78)(H4,76,77,79)/t39-,40-,41-,44-,45-,46-,47-,48-,49-,50-,51-,52-,53-,55-,56-/m0/s1. The number of hydrogen-bond donors (Lipinski definition) is 23. The molecule has 2 rings (SSSR count). The highest BCUT2D eigenvalue weighted by Gasteiger charge is 2.41. The molecule has 636 valence electrons. The summed E-state index contributed by atoms with van der Waals surface area (Å²) in [4.78, 5) is 216. The van der Waals surface area contributed by atoms with E-state index in [4.69, 9.17) is 33.8 Å². The van der Waals surface area contributed by atoms with Gasteiger partial charge in [-0.3, -0.25) is 81.9 Å². The molecule has 41 nitrogen and oxygen atoms in total. The second-order valence-corrected chi connectivity index (χ2v) is 29.7. The van der Waals surface area contributed by atoms with E-state index in [1.54, 1.807) is 69.2 Å². The highest BCUT2D eigenvalue weighted by atomic mass is 16.4. The first kappa shape index (κ1) is 98.5. The van der Waals surface area contributed by atoms with Crippen LogP contribution in [-0.2, 0) is 78.3 Å². The predicted molar refractivity (Wildman–Crippen MR) is 413 cm³/mol. The van der Waals surface area contributed by atoms with Crippen LogP contribution in [-0.4, -0.2) is 262 Å². The molecule has 0 bridgehead atoms. The lowest BCUT2D eigenvalue weighted by molar-refractivity contribution is -0.142. The van der Waals surface area contributed by atoms with Crippen molar-refractivity contribution in [1.82, 2.24) is 74.0 Å². The van der Waals surface area contributed by atoms with Gasteiger partial charge in [0.2, 0.25) is 82.7 Å². The predicted octanol–water partition coefficient (Wildman–Crippen LogP) is -6.76. The molecule has 14 amide bonds. The number of phenols is 1. The monoisotopic (exact) mass is 1600 g/mol. The average Bonchev–Trinajstić information content (AvgIpc) is 1.64. The maximum absolute atomic E-state index is 14.8.